The molecule has 1 aliphatic heterocycles. The largest absolute Gasteiger partial charge is 0.497 e. The van der Waals surface area contributed by atoms with Crippen molar-refractivity contribution in [3.63, 3.8) is 0 Å². The van der Waals surface area contributed by atoms with Gasteiger partial charge in [0.2, 0.25) is 0 Å². The molecule has 0 spiro atoms. The van der Waals surface area contributed by atoms with Gasteiger partial charge in [-0.25, -0.2) is 0 Å². The Morgan fingerprint density at radius 2 is 2.08 bits per heavy atom. The summed E-state index contributed by atoms with van der Waals surface area (Å²) in [6.07, 6.45) is 7.78. The molecule has 0 amide bonds. The summed E-state index contributed by atoms with van der Waals surface area (Å²) in [6.45, 7) is 1.72. The minimum Gasteiger partial charge on any atom is -0.497 e. The third kappa shape index (κ3) is 3.11. The van der Waals surface area contributed by atoms with Crippen molar-refractivity contribution in [2.75, 3.05) is 13.7 Å². The summed E-state index contributed by atoms with van der Waals surface area (Å²) in [5, 5.41) is 0. The molecule has 2 aliphatic rings. The maximum Gasteiger partial charge on any atom is 0.123 e. The van der Waals surface area contributed by atoms with Crippen molar-refractivity contribution >= 4 is 0 Å². The van der Waals surface area contributed by atoms with Crippen LogP contribution >= 0.6 is 0 Å². The van der Waals surface area contributed by atoms with Gasteiger partial charge in [0, 0.05) is 37.1 Å². The van der Waals surface area contributed by atoms with Crippen LogP contribution in [0.25, 0.3) is 0 Å². The summed E-state index contributed by atoms with van der Waals surface area (Å²) >= 11 is 0. The van der Waals surface area contributed by atoms with Crippen LogP contribution in [0.1, 0.15) is 24.8 Å². The molecule has 1 aliphatic carbocycles. The minimum absolute atomic E-state index is 0.496. The zero-order valence-corrected chi connectivity index (χ0v) is 14.1. The van der Waals surface area contributed by atoms with Crippen LogP contribution in [0.2, 0.25) is 0 Å². The molecule has 1 saturated heterocycles. The monoisotopic (exact) mass is 324 g/mol. The van der Waals surface area contributed by atoms with E-state index in [2.05, 4.69) is 16.0 Å². The zero-order chi connectivity index (χ0) is 16.4. The van der Waals surface area contributed by atoms with Crippen LogP contribution in [-0.4, -0.2) is 35.7 Å². The van der Waals surface area contributed by atoms with Gasteiger partial charge in [-0.1, -0.05) is 12.1 Å². The summed E-state index contributed by atoms with van der Waals surface area (Å²) in [5.74, 6) is 2.49. The van der Waals surface area contributed by atoms with Crippen LogP contribution < -0.4 is 9.47 Å². The molecule has 4 heteroatoms. The van der Waals surface area contributed by atoms with E-state index >= 15 is 0 Å². The molecule has 0 unspecified atom stereocenters. The highest BCUT2D eigenvalue weighted by Gasteiger charge is 2.45. The SMILES string of the molecule is COc1cccc(OC[C@H]2[C@H]3CC[C@@H](C3)N2Cc2cccnc2)c1. The molecule has 1 aromatic carbocycles. The predicted octanol–water partition coefficient (Wildman–Crippen LogP) is 3.52. The standard InChI is InChI=1S/C20H24N2O2/c1-23-18-5-2-6-19(11-18)24-14-20-16-7-8-17(10-16)22(20)13-15-4-3-9-21-12-15/h2-6,9,11-12,16-17,20H,7-8,10,13-14H2,1H3/t16-,17-,20-/m0/s1. The maximum atomic E-state index is 6.12. The molecule has 4 nitrogen and oxygen atoms in total. The normalized spacial score (nSPS) is 25.8. The van der Waals surface area contributed by atoms with Crippen LogP contribution in [0, 0.1) is 5.92 Å². The van der Waals surface area contributed by atoms with Crippen LogP contribution in [0.15, 0.2) is 48.8 Å². The summed E-state index contributed by atoms with van der Waals surface area (Å²) < 4.78 is 11.4. The molecule has 24 heavy (non-hydrogen) atoms. The number of aromatic nitrogens is 1. The van der Waals surface area contributed by atoms with Gasteiger partial charge in [-0.2, -0.15) is 0 Å². The molecule has 2 aromatic rings. The first-order chi connectivity index (χ1) is 11.8. The van der Waals surface area contributed by atoms with E-state index in [0.29, 0.717) is 12.1 Å². The molecule has 2 heterocycles. The zero-order valence-electron chi connectivity index (χ0n) is 14.1. The molecule has 2 fully saturated rings. The second kappa shape index (κ2) is 6.81. The number of benzene rings is 1. The Hall–Kier alpha value is -2.07. The number of pyridine rings is 1. The summed E-state index contributed by atoms with van der Waals surface area (Å²) in [4.78, 5) is 6.89. The molecule has 4 rings (SSSR count). The van der Waals surface area contributed by atoms with Crippen LogP contribution in [-0.2, 0) is 6.54 Å². The lowest BCUT2D eigenvalue weighted by molar-refractivity contribution is 0.0866. The molecule has 2 bridgehead atoms. The molecule has 126 valence electrons. The minimum atomic E-state index is 0.496. The first-order valence-electron chi connectivity index (χ1n) is 8.75. The summed E-state index contributed by atoms with van der Waals surface area (Å²) in [7, 11) is 1.69. The molecule has 0 radical (unpaired) electrons. The number of ether oxygens (including phenoxy) is 2. The van der Waals surface area contributed by atoms with Gasteiger partial charge in [-0.3, -0.25) is 9.88 Å². The van der Waals surface area contributed by atoms with Gasteiger partial charge in [0.1, 0.15) is 18.1 Å². The number of fused-ring (bicyclic) bond motifs is 2. The number of hydrogen-bond acceptors (Lipinski definition) is 4. The summed E-state index contributed by atoms with van der Waals surface area (Å²) in [6, 6.07) is 13.3. The van der Waals surface area contributed by atoms with Gasteiger partial charge in [0.15, 0.2) is 0 Å². The fraction of sp³-hybridized carbons (Fsp3) is 0.450. The summed E-state index contributed by atoms with van der Waals surface area (Å²) in [5.41, 5.74) is 1.29. The Balaban J connectivity index is 1.44. The van der Waals surface area contributed by atoms with Gasteiger partial charge in [0.05, 0.1) is 7.11 Å². The van der Waals surface area contributed by atoms with E-state index in [1.54, 1.807) is 7.11 Å². The second-order valence-corrected chi connectivity index (χ2v) is 6.82. The van der Waals surface area contributed by atoms with Crippen molar-refractivity contribution in [1.82, 2.24) is 9.88 Å². The van der Waals surface area contributed by atoms with Crippen LogP contribution in [0.4, 0.5) is 0 Å². The maximum absolute atomic E-state index is 6.12. The van der Waals surface area contributed by atoms with E-state index in [9.17, 15) is 0 Å². The number of rotatable bonds is 6. The van der Waals surface area contributed by atoms with Crippen LogP contribution in [0.3, 0.4) is 0 Å². The first-order valence-corrected chi connectivity index (χ1v) is 8.75. The molecule has 1 aromatic heterocycles. The Bertz CT molecular complexity index is 676. The average Bonchev–Trinajstić information content (AvgIpc) is 3.23. The van der Waals surface area contributed by atoms with Gasteiger partial charge in [-0.15, -0.1) is 0 Å². The second-order valence-electron chi connectivity index (χ2n) is 6.82. The quantitative estimate of drug-likeness (QED) is 0.814. The van der Waals surface area contributed by atoms with E-state index in [-0.39, 0.29) is 0 Å². The van der Waals surface area contributed by atoms with Crippen molar-refractivity contribution in [2.24, 2.45) is 5.92 Å². The Morgan fingerprint density at radius 3 is 2.92 bits per heavy atom. The Kier molecular flexibility index (Phi) is 4.39. The van der Waals surface area contributed by atoms with Crippen molar-refractivity contribution in [1.29, 1.82) is 0 Å². The lowest BCUT2D eigenvalue weighted by atomic mass is 9.99. The number of hydrogen-bond donors (Lipinski definition) is 0. The third-order valence-electron chi connectivity index (χ3n) is 5.43. The van der Waals surface area contributed by atoms with E-state index in [0.717, 1.165) is 30.6 Å². The molecule has 3 atom stereocenters. The average molecular weight is 324 g/mol. The Morgan fingerprint density at radius 1 is 1.17 bits per heavy atom. The topological polar surface area (TPSA) is 34.6 Å². The number of nitrogens with zero attached hydrogens (tertiary/aromatic N) is 2. The fourth-order valence-electron chi connectivity index (χ4n) is 4.24. The third-order valence-corrected chi connectivity index (χ3v) is 5.43. The van der Waals surface area contributed by atoms with E-state index in [4.69, 9.17) is 9.47 Å². The van der Waals surface area contributed by atoms with Gasteiger partial charge in [-0.05, 0) is 48.9 Å². The highest BCUT2D eigenvalue weighted by molar-refractivity contribution is 5.32. The lowest BCUT2D eigenvalue weighted by Gasteiger charge is -2.35. The van der Waals surface area contributed by atoms with Gasteiger partial charge >= 0.3 is 0 Å². The van der Waals surface area contributed by atoms with Gasteiger partial charge in [0.25, 0.3) is 0 Å². The number of piperidine rings is 1. The number of likely N-dealkylation sites (tertiary alicyclic amines) is 1. The fourth-order valence-corrected chi connectivity index (χ4v) is 4.24. The Labute approximate surface area is 143 Å². The van der Waals surface area contributed by atoms with Crippen molar-refractivity contribution in [3.05, 3.63) is 54.4 Å². The molecular formula is C20H24N2O2. The molecule has 1 saturated carbocycles. The highest BCUT2D eigenvalue weighted by Crippen LogP contribution is 2.43. The van der Waals surface area contributed by atoms with Crippen molar-refractivity contribution in [3.8, 4) is 11.5 Å². The number of methoxy groups -OCH3 is 1. The van der Waals surface area contributed by atoms with Crippen molar-refractivity contribution < 1.29 is 9.47 Å². The van der Waals surface area contributed by atoms with E-state index in [1.807, 2.05) is 42.7 Å². The van der Waals surface area contributed by atoms with E-state index in [1.165, 1.54) is 24.8 Å². The van der Waals surface area contributed by atoms with E-state index < -0.39 is 0 Å². The smallest absolute Gasteiger partial charge is 0.123 e. The van der Waals surface area contributed by atoms with Crippen molar-refractivity contribution in [2.45, 2.75) is 37.9 Å². The first kappa shape index (κ1) is 15.5. The predicted molar refractivity (Wildman–Crippen MR) is 93.2 cm³/mol. The van der Waals surface area contributed by atoms with Gasteiger partial charge < -0.3 is 9.47 Å². The van der Waals surface area contributed by atoms with Crippen LogP contribution in [0.5, 0.6) is 11.5 Å². The highest BCUT2D eigenvalue weighted by atomic mass is 16.5. The molecule has 0 N–H and O–H groups in total. The molecular weight excluding hydrogens is 300 g/mol. The lowest BCUT2D eigenvalue weighted by Crippen LogP contribution is -2.43.